The van der Waals surface area contributed by atoms with Crippen molar-refractivity contribution < 1.29 is 19.5 Å². The van der Waals surface area contributed by atoms with Gasteiger partial charge in [0, 0.05) is 28.6 Å². The number of hydrogen-bond donors (Lipinski definition) is 3. The largest absolute Gasteiger partial charge is 0.508 e. The van der Waals surface area contributed by atoms with Crippen LogP contribution in [-0.4, -0.2) is 22.7 Å². The summed E-state index contributed by atoms with van der Waals surface area (Å²) in [4.78, 5) is 35.2. The van der Waals surface area contributed by atoms with Gasteiger partial charge in [-0.1, -0.05) is 0 Å². The lowest BCUT2D eigenvalue weighted by atomic mass is 10.1. The zero-order chi connectivity index (χ0) is 18.4. The molecule has 0 atom stereocenters. The Morgan fingerprint density at radius 1 is 0.840 bits per heavy atom. The van der Waals surface area contributed by atoms with E-state index in [-0.39, 0.29) is 17.1 Å². The van der Waals surface area contributed by atoms with Crippen molar-refractivity contribution in [3.8, 4) is 5.75 Å². The summed E-state index contributed by atoms with van der Waals surface area (Å²) in [6.45, 7) is 2.99. The van der Waals surface area contributed by atoms with Crippen LogP contribution < -0.4 is 10.6 Å². The molecule has 3 N–H and O–H groups in total. The van der Waals surface area contributed by atoms with Crippen LogP contribution in [0.3, 0.4) is 0 Å². The number of ketones is 1. The number of nitrogens with one attached hydrogen (secondary N) is 2. The van der Waals surface area contributed by atoms with E-state index in [1.165, 1.54) is 32.1 Å². The Morgan fingerprint density at radius 3 is 1.92 bits per heavy atom. The highest BCUT2D eigenvalue weighted by atomic mass is 16.3. The molecule has 0 saturated heterocycles. The Hall–Kier alpha value is -3.41. The highest BCUT2D eigenvalue weighted by Crippen LogP contribution is 2.15. The lowest BCUT2D eigenvalue weighted by Gasteiger charge is -2.06. The van der Waals surface area contributed by atoms with E-state index in [0.717, 1.165) is 0 Å². The second-order valence-corrected chi connectivity index (χ2v) is 5.45. The Kier molecular flexibility index (Phi) is 5.68. The molecule has 2 rings (SSSR count). The van der Waals surface area contributed by atoms with Gasteiger partial charge in [0.15, 0.2) is 5.78 Å². The van der Waals surface area contributed by atoms with E-state index in [1.54, 1.807) is 36.4 Å². The average molecular weight is 338 g/mol. The molecule has 0 aliphatic heterocycles. The van der Waals surface area contributed by atoms with Crippen LogP contribution in [0.2, 0.25) is 0 Å². The Morgan fingerprint density at radius 2 is 1.36 bits per heavy atom. The minimum Gasteiger partial charge on any atom is -0.508 e. The fourth-order valence-corrected chi connectivity index (χ4v) is 2.00. The molecular formula is C19H18N2O4. The Labute approximate surface area is 145 Å². The Balaban J connectivity index is 1.97. The van der Waals surface area contributed by atoms with Gasteiger partial charge in [-0.15, -0.1) is 0 Å². The first-order valence-electron chi connectivity index (χ1n) is 7.56. The molecule has 128 valence electrons. The monoisotopic (exact) mass is 338 g/mol. The molecule has 0 bridgehead atoms. The number of carbonyl (C=O) groups is 3. The van der Waals surface area contributed by atoms with Gasteiger partial charge in [-0.3, -0.25) is 14.4 Å². The van der Waals surface area contributed by atoms with Crippen LogP contribution in [0, 0.1) is 0 Å². The number of phenols is 1. The van der Waals surface area contributed by atoms with Crippen LogP contribution in [0.1, 0.15) is 24.2 Å². The molecule has 0 fully saturated rings. The summed E-state index contributed by atoms with van der Waals surface area (Å²) in [5.74, 6) is -0.832. The zero-order valence-corrected chi connectivity index (χ0v) is 13.9. The van der Waals surface area contributed by atoms with Gasteiger partial charge in [-0.25, -0.2) is 0 Å². The van der Waals surface area contributed by atoms with Gasteiger partial charge in [-0.05, 0) is 62.4 Å². The molecule has 0 spiro atoms. The number of Topliss-reactive ketones (excluding diaryl/α,β-unsaturated/α-hetero) is 1. The van der Waals surface area contributed by atoms with Gasteiger partial charge in [0.05, 0.1) is 0 Å². The lowest BCUT2D eigenvalue weighted by Crippen LogP contribution is -2.16. The van der Waals surface area contributed by atoms with E-state index >= 15 is 0 Å². The fourth-order valence-electron chi connectivity index (χ4n) is 2.00. The maximum absolute atomic E-state index is 12.0. The molecule has 0 aliphatic rings. The van der Waals surface area contributed by atoms with Crippen LogP contribution in [-0.2, 0) is 9.59 Å². The quantitative estimate of drug-likeness (QED) is 0.443. The minimum absolute atomic E-state index is 0.0560. The van der Waals surface area contributed by atoms with Crippen molar-refractivity contribution in [3.05, 3.63) is 65.7 Å². The second-order valence-electron chi connectivity index (χ2n) is 5.45. The van der Waals surface area contributed by atoms with E-state index in [1.807, 2.05) is 0 Å². The Bertz CT molecular complexity index is 822. The summed E-state index contributed by atoms with van der Waals surface area (Å²) < 4.78 is 0. The van der Waals surface area contributed by atoms with E-state index in [9.17, 15) is 19.5 Å². The summed E-state index contributed by atoms with van der Waals surface area (Å²) in [7, 11) is 0. The topological polar surface area (TPSA) is 95.5 Å². The zero-order valence-electron chi connectivity index (χ0n) is 13.9. The number of carbonyl (C=O) groups excluding carboxylic acids is 3. The first-order chi connectivity index (χ1) is 11.8. The van der Waals surface area contributed by atoms with Crippen LogP contribution in [0.4, 0.5) is 11.4 Å². The number of benzene rings is 2. The number of anilines is 2. The minimum atomic E-state index is -0.450. The number of aromatic hydroxyl groups is 1. The van der Waals surface area contributed by atoms with Gasteiger partial charge in [-0.2, -0.15) is 0 Å². The summed E-state index contributed by atoms with van der Waals surface area (Å²) in [5, 5.41) is 14.5. The molecule has 0 unspecified atom stereocenters. The van der Waals surface area contributed by atoms with Crippen LogP contribution in [0.5, 0.6) is 5.75 Å². The van der Waals surface area contributed by atoms with Crippen molar-refractivity contribution in [2.45, 2.75) is 13.8 Å². The normalized spacial score (nSPS) is 10.9. The number of rotatable bonds is 5. The van der Waals surface area contributed by atoms with Crippen molar-refractivity contribution in [1.82, 2.24) is 0 Å². The summed E-state index contributed by atoms with van der Waals surface area (Å²) >= 11 is 0. The molecule has 2 amide bonds. The van der Waals surface area contributed by atoms with Crippen molar-refractivity contribution >= 4 is 29.0 Å². The highest BCUT2D eigenvalue weighted by molar-refractivity contribution is 6.10. The summed E-state index contributed by atoms with van der Waals surface area (Å²) in [5.41, 5.74) is 1.82. The van der Waals surface area contributed by atoms with Gasteiger partial charge >= 0.3 is 0 Å². The highest BCUT2D eigenvalue weighted by Gasteiger charge is 2.08. The van der Waals surface area contributed by atoms with Crippen molar-refractivity contribution in [1.29, 1.82) is 0 Å². The van der Waals surface area contributed by atoms with E-state index in [2.05, 4.69) is 10.6 Å². The maximum atomic E-state index is 12.0. The average Bonchev–Trinajstić information content (AvgIpc) is 2.57. The molecule has 0 saturated carbocycles. The SMILES string of the molecule is CC(=O)c1ccc(NC(=O)/C=C(/C)C(=O)Nc2ccc(O)cc2)cc1. The fraction of sp³-hybridized carbons (Fsp3) is 0.105. The molecular weight excluding hydrogens is 320 g/mol. The van der Waals surface area contributed by atoms with Crippen LogP contribution in [0.15, 0.2) is 60.2 Å². The second kappa shape index (κ2) is 7.92. The van der Waals surface area contributed by atoms with Gasteiger partial charge in [0.25, 0.3) is 5.91 Å². The molecule has 0 aliphatic carbocycles. The molecule has 25 heavy (non-hydrogen) atoms. The van der Waals surface area contributed by atoms with Gasteiger partial charge in [0.2, 0.25) is 5.91 Å². The van der Waals surface area contributed by atoms with Crippen molar-refractivity contribution in [3.63, 3.8) is 0 Å². The van der Waals surface area contributed by atoms with E-state index in [0.29, 0.717) is 16.9 Å². The number of hydrogen-bond acceptors (Lipinski definition) is 4. The number of phenolic OH excluding ortho intramolecular Hbond substituents is 1. The van der Waals surface area contributed by atoms with E-state index in [4.69, 9.17) is 0 Å². The predicted molar refractivity (Wildman–Crippen MR) is 95.6 cm³/mol. The van der Waals surface area contributed by atoms with Crippen LogP contribution >= 0.6 is 0 Å². The molecule has 0 radical (unpaired) electrons. The third-order valence-corrected chi connectivity index (χ3v) is 3.39. The van der Waals surface area contributed by atoms with Gasteiger partial charge in [0.1, 0.15) is 5.75 Å². The first kappa shape index (κ1) is 17.9. The summed E-state index contributed by atoms with van der Waals surface area (Å²) in [6.07, 6.45) is 1.19. The predicted octanol–water partition coefficient (Wildman–Crippen LogP) is 3.12. The van der Waals surface area contributed by atoms with Crippen molar-refractivity contribution in [2.75, 3.05) is 10.6 Å². The molecule has 0 aromatic heterocycles. The van der Waals surface area contributed by atoms with Gasteiger partial charge < -0.3 is 15.7 Å². The molecule has 0 heterocycles. The summed E-state index contributed by atoms with van der Waals surface area (Å²) in [6, 6.07) is 12.5. The molecule has 2 aromatic carbocycles. The first-order valence-corrected chi connectivity index (χ1v) is 7.56. The molecule has 2 aromatic rings. The van der Waals surface area contributed by atoms with Crippen LogP contribution in [0.25, 0.3) is 0 Å². The smallest absolute Gasteiger partial charge is 0.251 e. The number of amides is 2. The van der Waals surface area contributed by atoms with E-state index < -0.39 is 11.8 Å². The third kappa shape index (κ3) is 5.31. The lowest BCUT2D eigenvalue weighted by molar-refractivity contribution is -0.114. The third-order valence-electron chi connectivity index (χ3n) is 3.39. The standard InChI is InChI=1S/C19H18N2O4/c1-12(19(25)21-16-7-9-17(23)10-8-16)11-18(24)20-15-5-3-14(4-6-15)13(2)22/h3-11,23H,1-2H3,(H,20,24)(H,21,25)/b12-11-. The van der Waals surface area contributed by atoms with Crippen molar-refractivity contribution in [2.24, 2.45) is 0 Å². The molecule has 6 nitrogen and oxygen atoms in total. The molecule has 6 heteroatoms. The maximum Gasteiger partial charge on any atom is 0.251 e.